The number of hydrogen-bond acceptors (Lipinski definition) is 3. The van der Waals surface area contributed by atoms with Gasteiger partial charge in [0, 0.05) is 23.5 Å². The number of nitrogens with zero attached hydrogens (tertiary/aromatic N) is 2. The molecule has 0 radical (unpaired) electrons. The molecule has 0 saturated carbocycles. The number of hydrogen-bond donors (Lipinski definition) is 1. The van der Waals surface area contributed by atoms with E-state index in [4.69, 9.17) is 0 Å². The Morgan fingerprint density at radius 3 is 2.68 bits per heavy atom. The first-order valence-electron chi connectivity index (χ1n) is 7.84. The van der Waals surface area contributed by atoms with Gasteiger partial charge in [0.15, 0.2) is 0 Å². The van der Waals surface area contributed by atoms with Crippen LogP contribution in [0, 0.1) is 0 Å². The molecule has 0 aliphatic carbocycles. The number of carbonyl (C=O) groups excluding carboxylic acids is 1. The summed E-state index contributed by atoms with van der Waals surface area (Å²) in [6, 6.07) is 11.5. The minimum atomic E-state index is -0.0231. The van der Waals surface area contributed by atoms with Gasteiger partial charge in [0.05, 0.1) is 6.67 Å². The lowest BCUT2D eigenvalue weighted by Gasteiger charge is -2.26. The molecule has 1 amide bonds. The van der Waals surface area contributed by atoms with Crippen LogP contribution in [0.4, 0.5) is 0 Å². The number of rotatable bonds is 4. The summed E-state index contributed by atoms with van der Waals surface area (Å²) in [5.41, 5.74) is 2.59. The van der Waals surface area contributed by atoms with Gasteiger partial charge in [-0.1, -0.05) is 30.7 Å². The number of benzene rings is 1. The highest BCUT2D eigenvalue weighted by Crippen LogP contribution is 2.22. The standard InChI is InChI=1S/C18H21N3O/c22-18(20-14-21-11-4-1-5-12-21)17-9-3-2-8-16(17)15-7-6-10-19-13-15/h2-3,6-10,13H,1,4-5,11-12,14H2,(H,20,22). The van der Waals surface area contributed by atoms with Gasteiger partial charge in [0.2, 0.25) is 0 Å². The molecule has 3 rings (SSSR count). The highest BCUT2D eigenvalue weighted by Gasteiger charge is 2.14. The van der Waals surface area contributed by atoms with E-state index in [1.165, 1.54) is 19.3 Å². The number of aromatic nitrogens is 1. The fourth-order valence-corrected chi connectivity index (χ4v) is 2.85. The Balaban J connectivity index is 1.72. The zero-order valence-electron chi connectivity index (χ0n) is 12.7. The maximum atomic E-state index is 12.5. The molecule has 2 aromatic rings. The number of nitrogens with one attached hydrogen (secondary N) is 1. The number of pyridine rings is 1. The molecule has 4 nitrogen and oxygen atoms in total. The summed E-state index contributed by atoms with van der Waals surface area (Å²) in [5.74, 6) is -0.0231. The topological polar surface area (TPSA) is 45.2 Å². The van der Waals surface area contributed by atoms with Crippen molar-refractivity contribution >= 4 is 5.91 Å². The van der Waals surface area contributed by atoms with Crippen molar-refractivity contribution < 1.29 is 4.79 Å². The van der Waals surface area contributed by atoms with E-state index in [1.807, 2.05) is 36.4 Å². The Kier molecular flexibility index (Phi) is 4.81. The largest absolute Gasteiger partial charge is 0.339 e. The third-order valence-electron chi connectivity index (χ3n) is 4.06. The van der Waals surface area contributed by atoms with Crippen molar-refractivity contribution in [2.24, 2.45) is 0 Å². The second-order valence-corrected chi connectivity index (χ2v) is 5.63. The van der Waals surface area contributed by atoms with Crippen molar-refractivity contribution in [3.8, 4) is 11.1 Å². The van der Waals surface area contributed by atoms with Gasteiger partial charge in [-0.3, -0.25) is 14.7 Å². The summed E-state index contributed by atoms with van der Waals surface area (Å²) in [6.07, 6.45) is 7.28. The quantitative estimate of drug-likeness (QED) is 0.943. The molecule has 0 spiro atoms. The Labute approximate surface area is 131 Å². The smallest absolute Gasteiger partial charge is 0.252 e. The van der Waals surface area contributed by atoms with Gasteiger partial charge in [0.25, 0.3) is 5.91 Å². The summed E-state index contributed by atoms with van der Waals surface area (Å²) in [4.78, 5) is 19.0. The van der Waals surface area contributed by atoms with Gasteiger partial charge < -0.3 is 5.32 Å². The summed E-state index contributed by atoms with van der Waals surface area (Å²) < 4.78 is 0. The van der Waals surface area contributed by atoms with Gasteiger partial charge in [-0.2, -0.15) is 0 Å². The van der Waals surface area contributed by atoms with Gasteiger partial charge >= 0.3 is 0 Å². The second kappa shape index (κ2) is 7.18. The van der Waals surface area contributed by atoms with Crippen molar-refractivity contribution in [1.29, 1.82) is 0 Å². The average molecular weight is 295 g/mol. The fourth-order valence-electron chi connectivity index (χ4n) is 2.85. The normalized spacial score (nSPS) is 15.5. The van der Waals surface area contributed by atoms with Crippen LogP contribution in [0.15, 0.2) is 48.8 Å². The molecule has 1 aliphatic rings. The third-order valence-corrected chi connectivity index (χ3v) is 4.06. The van der Waals surface area contributed by atoms with Gasteiger partial charge in [0.1, 0.15) is 0 Å². The van der Waals surface area contributed by atoms with E-state index in [2.05, 4.69) is 15.2 Å². The van der Waals surface area contributed by atoms with E-state index >= 15 is 0 Å². The molecule has 1 N–H and O–H groups in total. The molecule has 1 aromatic carbocycles. The number of carbonyl (C=O) groups is 1. The number of piperidine rings is 1. The molecule has 1 aromatic heterocycles. The fraction of sp³-hybridized carbons (Fsp3) is 0.333. The van der Waals surface area contributed by atoms with Crippen LogP contribution in [0.1, 0.15) is 29.6 Å². The predicted molar refractivity (Wildman–Crippen MR) is 87.4 cm³/mol. The Hall–Kier alpha value is -2.20. The van der Waals surface area contributed by atoms with Crippen LogP contribution in [-0.2, 0) is 0 Å². The molecular weight excluding hydrogens is 274 g/mol. The van der Waals surface area contributed by atoms with Crippen LogP contribution >= 0.6 is 0 Å². The third kappa shape index (κ3) is 3.52. The van der Waals surface area contributed by atoms with Crippen LogP contribution in [-0.4, -0.2) is 35.5 Å². The first-order valence-corrected chi connectivity index (χ1v) is 7.84. The lowest BCUT2D eigenvalue weighted by molar-refractivity contribution is 0.0915. The summed E-state index contributed by atoms with van der Waals surface area (Å²) in [7, 11) is 0. The first kappa shape index (κ1) is 14.7. The maximum Gasteiger partial charge on any atom is 0.252 e. The molecule has 2 heterocycles. The molecule has 0 unspecified atom stereocenters. The predicted octanol–water partition coefficient (Wildman–Crippen LogP) is 2.92. The second-order valence-electron chi connectivity index (χ2n) is 5.63. The molecule has 0 atom stereocenters. The summed E-state index contributed by atoms with van der Waals surface area (Å²) in [5, 5.41) is 3.05. The minimum absolute atomic E-state index is 0.0231. The zero-order valence-corrected chi connectivity index (χ0v) is 12.7. The van der Waals surface area contributed by atoms with E-state index in [1.54, 1.807) is 12.4 Å². The number of amides is 1. The average Bonchev–Trinajstić information content (AvgIpc) is 2.61. The first-order chi connectivity index (χ1) is 10.8. The van der Waals surface area contributed by atoms with E-state index < -0.39 is 0 Å². The number of likely N-dealkylation sites (tertiary alicyclic amines) is 1. The van der Waals surface area contributed by atoms with E-state index in [0.717, 1.165) is 24.2 Å². The van der Waals surface area contributed by atoms with E-state index in [0.29, 0.717) is 12.2 Å². The minimum Gasteiger partial charge on any atom is -0.339 e. The highest BCUT2D eigenvalue weighted by molar-refractivity contribution is 6.00. The summed E-state index contributed by atoms with van der Waals surface area (Å²) >= 11 is 0. The zero-order chi connectivity index (χ0) is 15.2. The van der Waals surface area contributed by atoms with Gasteiger partial charge in [-0.05, 0) is 43.6 Å². The van der Waals surface area contributed by atoms with Crippen LogP contribution in [0.3, 0.4) is 0 Å². The highest BCUT2D eigenvalue weighted by atomic mass is 16.1. The summed E-state index contributed by atoms with van der Waals surface area (Å²) in [6.45, 7) is 2.77. The van der Waals surface area contributed by atoms with Gasteiger partial charge in [-0.15, -0.1) is 0 Å². The van der Waals surface area contributed by atoms with Crippen molar-refractivity contribution in [3.05, 3.63) is 54.4 Å². The van der Waals surface area contributed by atoms with Crippen LogP contribution < -0.4 is 5.32 Å². The molecule has 1 saturated heterocycles. The molecule has 1 aliphatic heterocycles. The van der Waals surface area contributed by atoms with Crippen molar-refractivity contribution in [2.75, 3.05) is 19.8 Å². The molecular formula is C18H21N3O. The molecule has 114 valence electrons. The molecule has 0 bridgehead atoms. The Morgan fingerprint density at radius 2 is 1.91 bits per heavy atom. The van der Waals surface area contributed by atoms with E-state index in [-0.39, 0.29) is 5.91 Å². The van der Waals surface area contributed by atoms with Crippen molar-refractivity contribution in [2.45, 2.75) is 19.3 Å². The molecule has 4 heteroatoms. The van der Waals surface area contributed by atoms with Crippen LogP contribution in [0.5, 0.6) is 0 Å². The van der Waals surface area contributed by atoms with Gasteiger partial charge in [-0.25, -0.2) is 0 Å². The van der Waals surface area contributed by atoms with Crippen LogP contribution in [0.2, 0.25) is 0 Å². The van der Waals surface area contributed by atoms with Crippen molar-refractivity contribution in [1.82, 2.24) is 15.2 Å². The monoisotopic (exact) mass is 295 g/mol. The van der Waals surface area contributed by atoms with Crippen molar-refractivity contribution in [3.63, 3.8) is 0 Å². The maximum absolute atomic E-state index is 12.5. The molecule has 22 heavy (non-hydrogen) atoms. The Morgan fingerprint density at radius 1 is 1.09 bits per heavy atom. The SMILES string of the molecule is O=C(NCN1CCCCC1)c1ccccc1-c1cccnc1. The van der Waals surface area contributed by atoms with Crippen LogP contribution in [0.25, 0.3) is 11.1 Å². The Bertz CT molecular complexity index is 621. The van der Waals surface area contributed by atoms with E-state index in [9.17, 15) is 4.79 Å². The lowest BCUT2D eigenvalue weighted by atomic mass is 10.0. The lowest BCUT2D eigenvalue weighted by Crippen LogP contribution is -2.40. The molecule has 1 fully saturated rings.